The summed E-state index contributed by atoms with van der Waals surface area (Å²) in [5.74, 6) is -0.213. The van der Waals surface area contributed by atoms with Crippen molar-refractivity contribution in [3.05, 3.63) is 23.8 Å². The number of phenolic OH excluding ortho intramolecular Hbond substituents is 1. The molecule has 1 rings (SSSR count). The topological polar surface area (TPSA) is 55.5 Å². The molecule has 1 aromatic carbocycles. The summed E-state index contributed by atoms with van der Waals surface area (Å²) in [5.41, 5.74) is 3.52. The van der Waals surface area contributed by atoms with Crippen molar-refractivity contribution in [3.8, 4) is 11.5 Å². The van der Waals surface area contributed by atoms with Crippen molar-refractivity contribution in [2.75, 3.05) is 7.11 Å². The lowest BCUT2D eigenvalue weighted by molar-refractivity contribution is 0.0609. The van der Waals surface area contributed by atoms with Crippen LogP contribution in [-0.2, 0) is 5.54 Å². The van der Waals surface area contributed by atoms with Crippen LogP contribution >= 0.6 is 0 Å². The van der Waals surface area contributed by atoms with Crippen molar-refractivity contribution >= 4 is 0 Å². The third kappa shape index (κ3) is 2.02. The van der Waals surface area contributed by atoms with Gasteiger partial charge < -0.3 is 15.6 Å². The van der Waals surface area contributed by atoms with Crippen LogP contribution in [0.3, 0.4) is 0 Å². The standard InChI is InChI=1S/C10H13F2NO2/c1-10(13,9(11)12)6-4-3-5-7(15-2)8(6)14/h3-5,9,14H,13H2,1-2H3. The summed E-state index contributed by atoms with van der Waals surface area (Å²) in [7, 11) is 1.34. The summed E-state index contributed by atoms with van der Waals surface area (Å²) < 4.78 is 30.1. The van der Waals surface area contributed by atoms with Gasteiger partial charge in [-0.15, -0.1) is 0 Å². The zero-order valence-electron chi connectivity index (χ0n) is 8.50. The van der Waals surface area contributed by atoms with E-state index in [-0.39, 0.29) is 17.1 Å². The molecule has 3 N–H and O–H groups in total. The average Bonchev–Trinajstić information content (AvgIpc) is 2.17. The van der Waals surface area contributed by atoms with E-state index >= 15 is 0 Å². The van der Waals surface area contributed by atoms with Gasteiger partial charge in [0.2, 0.25) is 0 Å². The molecule has 0 amide bonds. The van der Waals surface area contributed by atoms with Gasteiger partial charge in [-0.05, 0) is 13.0 Å². The van der Waals surface area contributed by atoms with E-state index in [2.05, 4.69) is 0 Å². The third-order valence-electron chi connectivity index (χ3n) is 2.25. The van der Waals surface area contributed by atoms with Crippen LogP contribution in [0.1, 0.15) is 12.5 Å². The first-order valence-electron chi connectivity index (χ1n) is 4.34. The molecule has 5 heteroatoms. The quantitative estimate of drug-likeness (QED) is 0.812. The number of benzene rings is 1. The summed E-state index contributed by atoms with van der Waals surface area (Å²) in [5, 5.41) is 9.63. The summed E-state index contributed by atoms with van der Waals surface area (Å²) in [6.45, 7) is 1.16. The molecule has 0 radical (unpaired) electrons. The van der Waals surface area contributed by atoms with Crippen LogP contribution in [0.25, 0.3) is 0 Å². The van der Waals surface area contributed by atoms with E-state index in [1.165, 1.54) is 25.3 Å². The lowest BCUT2D eigenvalue weighted by atomic mass is 9.92. The van der Waals surface area contributed by atoms with Gasteiger partial charge in [0.05, 0.1) is 7.11 Å². The number of methoxy groups -OCH3 is 1. The minimum Gasteiger partial charge on any atom is -0.504 e. The van der Waals surface area contributed by atoms with Crippen LogP contribution in [0.15, 0.2) is 18.2 Å². The molecule has 1 aromatic rings. The van der Waals surface area contributed by atoms with Crippen LogP contribution in [0, 0.1) is 0 Å². The highest BCUT2D eigenvalue weighted by molar-refractivity contribution is 5.48. The van der Waals surface area contributed by atoms with Crippen molar-refractivity contribution < 1.29 is 18.6 Å². The summed E-state index contributed by atoms with van der Waals surface area (Å²) in [4.78, 5) is 0. The zero-order valence-corrected chi connectivity index (χ0v) is 8.50. The molecule has 1 unspecified atom stereocenters. The second kappa shape index (κ2) is 4.02. The van der Waals surface area contributed by atoms with Gasteiger partial charge in [0.1, 0.15) is 5.54 Å². The molecule has 1 atom stereocenters. The molecule has 0 aliphatic rings. The second-order valence-electron chi connectivity index (χ2n) is 3.44. The highest BCUT2D eigenvalue weighted by Crippen LogP contribution is 2.37. The van der Waals surface area contributed by atoms with Gasteiger partial charge in [0.15, 0.2) is 11.5 Å². The van der Waals surface area contributed by atoms with E-state index < -0.39 is 12.0 Å². The molecule has 84 valence electrons. The maximum atomic E-state index is 12.6. The Labute approximate surface area is 86.5 Å². The van der Waals surface area contributed by atoms with E-state index in [4.69, 9.17) is 10.5 Å². The molecule has 0 saturated carbocycles. The molecule has 0 aliphatic heterocycles. The highest BCUT2D eigenvalue weighted by Gasteiger charge is 2.35. The van der Waals surface area contributed by atoms with Crippen molar-refractivity contribution in [3.63, 3.8) is 0 Å². The molecular weight excluding hydrogens is 204 g/mol. The monoisotopic (exact) mass is 217 g/mol. The summed E-state index contributed by atoms with van der Waals surface area (Å²) in [6, 6.07) is 4.33. The average molecular weight is 217 g/mol. The van der Waals surface area contributed by atoms with Gasteiger partial charge in [-0.1, -0.05) is 12.1 Å². The fourth-order valence-electron chi connectivity index (χ4n) is 1.24. The number of ether oxygens (including phenoxy) is 1. The van der Waals surface area contributed by atoms with E-state index in [9.17, 15) is 13.9 Å². The van der Waals surface area contributed by atoms with Gasteiger partial charge in [0, 0.05) is 5.56 Å². The molecular formula is C10H13F2NO2. The number of phenols is 1. The molecule has 15 heavy (non-hydrogen) atoms. The van der Waals surface area contributed by atoms with Crippen LogP contribution < -0.4 is 10.5 Å². The normalized spacial score (nSPS) is 15.1. The first-order valence-corrected chi connectivity index (χ1v) is 4.34. The first-order chi connectivity index (χ1) is 6.91. The molecule has 0 aliphatic carbocycles. The van der Waals surface area contributed by atoms with E-state index in [1.54, 1.807) is 0 Å². The Hall–Kier alpha value is -1.36. The zero-order chi connectivity index (χ0) is 11.6. The lowest BCUT2D eigenvalue weighted by Crippen LogP contribution is -2.40. The number of hydrogen-bond donors (Lipinski definition) is 2. The predicted molar refractivity (Wildman–Crippen MR) is 52.2 cm³/mol. The molecule has 0 spiro atoms. The smallest absolute Gasteiger partial charge is 0.260 e. The Balaban J connectivity index is 3.26. The number of para-hydroxylation sites is 1. The molecule has 0 bridgehead atoms. The van der Waals surface area contributed by atoms with Gasteiger partial charge in [-0.25, -0.2) is 8.78 Å². The summed E-state index contributed by atoms with van der Waals surface area (Å²) in [6.07, 6.45) is -2.77. The van der Waals surface area contributed by atoms with E-state index in [1.807, 2.05) is 0 Å². The summed E-state index contributed by atoms with van der Waals surface area (Å²) >= 11 is 0. The Morgan fingerprint density at radius 2 is 2.07 bits per heavy atom. The van der Waals surface area contributed by atoms with E-state index in [0.29, 0.717) is 0 Å². The van der Waals surface area contributed by atoms with E-state index in [0.717, 1.165) is 6.92 Å². The molecule has 0 heterocycles. The Morgan fingerprint density at radius 3 is 2.53 bits per heavy atom. The van der Waals surface area contributed by atoms with Crippen LogP contribution in [0.2, 0.25) is 0 Å². The Kier molecular flexibility index (Phi) is 3.14. The Morgan fingerprint density at radius 1 is 1.47 bits per heavy atom. The number of aromatic hydroxyl groups is 1. The minimum atomic E-state index is -2.77. The van der Waals surface area contributed by atoms with Crippen LogP contribution in [0.4, 0.5) is 8.78 Å². The number of rotatable bonds is 3. The SMILES string of the molecule is COc1cccc(C(C)(N)C(F)F)c1O. The van der Waals surface area contributed by atoms with Crippen molar-refractivity contribution in [2.24, 2.45) is 5.73 Å². The molecule has 0 saturated heterocycles. The predicted octanol–water partition coefficient (Wildman–Crippen LogP) is 1.84. The maximum Gasteiger partial charge on any atom is 0.260 e. The largest absolute Gasteiger partial charge is 0.504 e. The van der Waals surface area contributed by atoms with Gasteiger partial charge >= 0.3 is 0 Å². The highest BCUT2D eigenvalue weighted by atomic mass is 19.3. The maximum absolute atomic E-state index is 12.6. The number of nitrogens with two attached hydrogens (primary N) is 1. The minimum absolute atomic E-state index is 0.0307. The molecule has 3 nitrogen and oxygen atoms in total. The molecule has 0 fully saturated rings. The number of alkyl halides is 2. The van der Waals surface area contributed by atoms with Gasteiger partial charge in [0.25, 0.3) is 6.43 Å². The van der Waals surface area contributed by atoms with Gasteiger partial charge in [-0.3, -0.25) is 0 Å². The fourth-order valence-corrected chi connectivity index (χ4v) is 1.24. The third-order valence-corrected chi connectivity index (χ3v) is 2.25. The van der Waals surface area contributed by atoms with Crippen molar-refractivity contribution in [2.45, 2.75) is 18.9 Å². The van der Waals surface area contributed by atoms with Crippen molar-refractivity contribution in [1.82, 2.24) is 0 Å². The van der Waals surface area contributed by atoms with Crippen molar-refractivity contribution in [1.29, 1.82) is 0 Å². The fraction of sp³-hybridized carbons (Fsp3) is 0.400. The first kappa shape index (κ1) is 11.7. The second-order valence-corrected chi connectivity index (χ2v) is 3.44. The lowest BCUT2D eigenvalue weighted by Gasteiger charge is -2.25. The van der Waals surface area contributed by atoms with Gasteiger partial charge in [-0.2, -0.15) is 0 Å². The molecule has 0 aromatic heterocycles. The Bertz CT molecular complexity index is 353. The van der Waals surface area contributed by atoms with Crippen LogP contribution in [-0.4, -0.2) is 18.6 Å². The number of hydrogen-bond acceptors (Lipinski definition) is 3. The number of halogens is 2. The van der Waals surface area contributed by atoms with Crippen LogP contribution in [0.5, 0.6) is 11.5 Å².